The lowest BCUT2D eigenvalue weighted by Gasteiger charge is -2.19. The molecule has 20 heavy (non-hydrogen) atoms. The quantitative estimate of drug-likeness (QED) is 0.601. The van der Waals surface area contributed by atoms with Gasteiger partial charge < -0.3 is 20.5 Å². The largest absolute Gasteiger partial charge is 0.480 e. The molecule has 1 aliphatic rings. The lowest BCUT2D eigenvalue weighted by molar-refractivity contribution is -0.139. The molecule has 0 heterocycles. The first kappa shape index (κ1) is 16.8. The van der Waals surface area contributed by atoms with Crippen LogP contribution in [0, 0.1) is 11.3 Å². The molecule has 3 N–H and O–H groups in total. The van der Waals surface area contributed by atoms with Crippen LogP contribution in [0.1, 0.15) is 39.5 Å². The van der Waals surface area contributed by atoms with E-state index < -0.39 is 18.0 Å². The zero-order valence-electron chi connectivity index (χ0n) is 12.6. The first-order valence-electron chi connectivity index (χ1n) is 7.15. The van der Waals surface area contributed by atoms with Crippen LogP contribution in [-0.2, 0) is 9.53 Å². The standard InChI is InChI=1S/C14H26N2O4/c1-10(2)8-11(12(17)18)16-13(19)15-9-14(4-5-14)6-7-20-3/h10-11H,4-9H2,1-3H3,(H,17,18)(H2,15,16,19)/t11-/m1/s1. The second kappa shape index (κ2) is 7.47. The minimum atomic E-state index is -0.991. The summed E-state index contributed by atoms with van der Waals surface area (Å²) in [4.78, 5) is 22.8. The smallest absolute Gasteiger partial charge is 0.326 e. The summed E-state index contributed by atoms with van der Waals surface area (Å²) in [5.74, 6) is -0.776. The van der Waals surface area contributed by atoms with Crippen molar-refractivity contribution in [1.29, 1.82) is 0 Å². The summed E-state index contributed by atoms with van der Waals surface area (Å²) in [5.41, 5.74) is 0.157. The summed E-state index contributed by atoms with van der Waals surface area (Å²) >= 11 is 0. The number of amides is 2. The molecule has 1 saturated carbocycles. The average molecular weight is 286 g/mol. The molecule has 1 fully saturated rings. The van der Waals surface area contributed by atoms with Gasteiger partial charge in [-0.3, -0.25) is 0 Å². The summed E-state index contributed by atoms with van der Waals surface area (Å²) in [6.45, 7) is 5.13. The fourth-order valence-corrected chi connectivity index (χ4v) is 2.18. The van der Waals surface area contributed by atoms with E-state index in [2.05, 4.69) is 10.6 Å². The third-order valence-electron chi connectivity index (χ3n) is 3.73. The van der Waals surface area contributed by atoms with Gasteiger partial charge in [-0.05, 0) is 37.0 Å². The van der Waals surface area contributed by atoms with Gasteiger partial charge in [-0.1, -0.05) is 13.8 Å². The topological polar surface area (TPSA) is 87.7 Å². The highest BCUT2D eigenvalue weighted by atomic mass is 16.5. The number of hydrogen-bond donors (Lipinski definition) is 3. The number of carboxylic acid groups (broad SMARTS) is 1. The highest BCUT2D eigenvalue weighted by molar-refractivity contribution is 5.82. The van der Waals surface area contributed by atoms with Crippen LogP contribution in [0.15, 0.2) is 0 Å². The van der Waals surface area contributed by atoms with Gasteiger partial charge >= 0.3 is 12.0 Å². The summed E-state index contributed by atoms with van der Waals surface area (Å²) in [7, 11) is 1.67. The van der Waals surface area contributed by atoms with Crippen molar-refractivity contribution >= 4 is 12.0 Å². The van der Waals surface area contributed by atoms with Crippen molar-refractivity contribution in [1.82, 2.24) is 10.6 Å². The molecule has 1 atom stereocenters. The molecule has 0 aliphatic heterocycles. The first-order valence-corrected chi connectivity index (χ1v) is 7.15. The first-order chi connectivity index (χ1) is 9.38. The van der Waals surface area contributed by atoms with E-state index in [4.69, 9.17) is 9.84 Å². The van der Waals surface area contributed by atoms with Crippen molar-refractivity contribution in [3.63, 3.8) is 0 Å². The van der Waals surface area contributed by atoms with E-state index in [0.717, 1.165) is 19.3 Å². The van der Waals surface area contributed by atoms with Crippen LogP contribution >= 0.6 is 0 Å². The molecule has 0 spiro atoms. The van der Waals surface area contributed by atoms with Crippen molar-refractivity contribution in [3.05, 3.63) is 0 Å². The highest BCUT2D eigenvalue weighted by Gasteiger charge is 2.42. The van der Waals surface area contributed by atoms with E-state index in [9.17, 15) is 9.59 Å². The SMILES string of the molecule is COCCC1(CNC(=O)N[C@H](CC(C)C)C(=O)O)CC1. The number of urea groups is 1. The molecule has 0 aromatic carbocycles. The predicted molar refractivity (Wildman–Crippen MR) is 75.6 cm³/mol. The molecule has 1 aliphatic carbocycles. The maximum absolute atomic E-state index is 11.8. The van der Waals surface area contributed by atoms with Crippen LogP contribution in [0.5, 0.6) is 0 Å². The molecule has 6 nitrogen and oxygen atoms in total. The monoisotopic (exact) mass is 286 g/mol. The van der Waals surface area contributed by atoms with Gasteiger partial charge in [-0.25, -0.2) is 9.59 Å². The Morgan fingerprint density at radius 3 is 2.45 bits per heavy atom. The highest BCUT2D eigenvalue weighted by Crippen LogP contribution is 2.48. The second-order valence-corrected chi connectivity index (χ2v) is 6.09. The van der Waals surface area contributed by atoms with Gasteiger partial charge in [0.25, 0.3) is 0 Å². The molecular formula is C14H26N2O4. The maximum atomic E-state index is 11.8. The van der Waals surface area contributed by atoms with Gasteiger partial charge in [0.15, 0.2) is 0 Å². The van der Waals surface area contributed by atoms with Crippen molar-refractivity contribution in [2.45, 2.75) is 45.6 Å². The van der Waals surface area contributed by atoms with Crippen molar-refractivity contribution < 1.29 is 19.4 Å². The Morgan fingerprint density at radius 2 is 2.00 bits per heavy atom. The zero-order valence-corrected chi connectivity index (χ0v) is 12.6. The molecular weight excluding hydrogens is 260 g/mol. The summed E-state index contributed by atoms with van der Waals surface area (Å²) in [5, 5.41) is 14.4. The molecule has 0 saturated heterocycles. The number of nitrogens with one attached hydrogen (secondary N) is 2. The van der Waals surface area contributed by atoms with E-state index in [0.29, 0.717) is 19.6 Å². The number of methoxy groups -OCH3 is 1. The van der Waals surface area contributed by atoms with Crippen molar-refractivity contribution in [2.24, 2.45) is 11.3 Å². The van der Waals surface area contributed by atoms with Gasteiger partial charge in [0.1, 0.15) is 6.04 Å². The van der Waals surface area contributed by atoms with Crippen LogP contribution < -0.4 is 10.6 Å². The van der Waals surface area contributed by atoms with Crippen LogP contribution in [0.4, 0.5) is 4.79 Å². The van der Waals surface area contributed by atoms with Gasteiger partial charge in [0.2, 0.25) is 0 Å². The fraction of sp³-hybridized carbons (Fsp3) is 0.857. The number of aliphatic carboxylic acids is 1. The van der Waals surface area contributed by atoms with Gasteiger partial charge in [-0.15, -0.1) is 0 Å². The molecule has 0 aromatic heterocycles. The van der Waals surface area contributed by atoms with Crippen LogP contribution in [0.25, 0.3) is 0 Å². The molecule has 0 bridgehead atoms. The van der Waals surface area contributed by atoms with Crippen molar-refractivity contribution in [3.8, 4) is 0 Å². The van der Waals surface area contributed by atoms with Gasteiger partial charge in [-0.2, -0.15) is 0 Å². The third-order valence-corrected chi connectivity index (χ3v) is 3.73. The molecule has 6 heteroatoms. The van der Waals surface area contributed by atoms with E-state index in [1.54, 1.807) is 7.11 Å². The second-order valence-electron chi connectivity index (χ2n) is 6.09. The third kappa shape index (κ3) is 5.77. The Balaban J connectivity index is 2.33. The van der Waals surface area contributed by atoms with Crippen LogP contribution in [0.2, 0.25) is 0 Å². The molecule has 116 valence electrons. The number of carboxylic acids is 1. The Bertz CT molecular complexity index is 340. The molecule has 0 aromatic rings. The lowest BCUT2D eigenvalue weighted by Crippen LogP contribution is -2.47. The minimum absolute atomic E-state index is 0.157. The Kier molecular flexibility index (Phi) is 6.26. The zero-order chi connectivity index (χ0) is 15.2. The van der Waals surface area contributed by atoms with E-state index in [1.807, 2.05) is 13.8 Å². The average Bonchev–Trinajstić information content (AvgIpc) is 3.13. The Hall–Kier alpha value is -1.30. The van der Waals surface area contributed by atoms with Crippen molar-refractivity contribution in [2.75, 3.05) is 20.3 Å². The van der Waals surface area contributed by atoms with Crippen LogP contribution in [-0.4, -0.2) is 43.4 Å². The van der Waals surface area contributed by atoms with E-state index >= 15 is 0 Å². The van der Waals surface area contributed by atoms with Gasteiger partial charge in [0.05, 0.1) is 0 Å². The van der Waals surface area contributed by atoms with Crippen LogP contribution in [0.3, 0.4) is 0 Å². The lowest BCUT2D eigenvalue weighted by atomic mass is 10.0. The van der Waals surface area contributed by atoms with E-state index in [-0.39, 0.29) is 11.3 Å². The fourth-order valence-electron chi connectivity index (χ4n) is 2.18. The molecule has 0 radical (unpaired) electrons. The predicted octanol–water partition coefficient (Wildman–Crippen LogP) is 1.60. The van der Waals surface area contributed by atoms with Gasteiger partial charge in [0, 0.05) is 20.3 Å². The maximum Gasteiger partial charge on any atom is 0.326 e. The number of carbonyl (C=O) groups is 2. The number of carbonyl (C=O) groups excluding carboxylic acids is 1. The summed E-state index contributed by atoms with van der Waals surface area (Å²) in [6, 6.07) is -1.23. The molecule has 2 amide bonds. The molecule has 1 rings (SSSR count). The Morgan fingerprint density at radius 1 is 1.35 bits per heavy atom. The number of hydrogen-bond acceptors (Lipinski definition) is 3. The summed E-state index contributed by atoms with van der Waals surface area (Å²) < 4.78 is 5.06. The van der Waals surface area contributed by atoms with E-state index in [1.165, 1.54) is 0 Å². The molecule has 0 unspecified atom stereocenters. The minimum Gasteiger partial charge on any atom is -0.480 e. The number of rotatable bonds is 9. The summed E-state index contributed by atoms with van der Waals surface area (Å²) in [6.07, 6.45) is 3.53. The Labute approximate surface area is 120 Å². The number of ether oxygens (including phenoxy) is 1. The normalized spacial score (nSPS) is 17.6.